The number of carbonyl (C=O) groups is 2. The summed E-state index contributed by atoms with van der Waals surface area (Å²) >= 11 is 0. The van der Waals surface area contributed by atoms with Crippen LogP contribution in [0.25, 0.3) is 16.8 Å². The first kappa shape index (κ1) is 32.7. The molecule has 0 unspecified atom stereocenters. The predicted octanol–water partition coefficient (Wildman–Crippen LogP) is 8.58. The molecule has 0 amide bonds. The zero-order chi connectivity index (χ0) is 24.3. The van der Waals surface area contributed by atoms with Gasteiger partial charge in [0.2, 0.25) is 0 Å². The van der Waals surface area contributed by atoms with E-state index in [9.17, 15) is 0 Å². The summed E-state index contributed by atoms with van der Waals surface area (Å²) in [6.07, 6.45) is 7.00. The Labute approximate surface area is 191 Å². The quantitative estimate of drug-likeness (QED) is 0.340. The number of fused-ring (bicyclic) bond motifs is 2. The Hall–Kier alpha value is -3.00. The van der Waals surface area contributed by atoms with Crippen molar-refractivity contribution in [2.75, 3.05) is 0 Å². The smallest absolute Gasteiger partial charge is 0.116 e. The molecule has 1 aliphatic carbocycles. The summed E-state index contributed by atoms with van der Waals surface area (Å²) in [6.45, 7) is 14.9. The zero-order valence-corrected chi connectivity index (χ0v) is 20.8. The number of hydrogen-bond acceptors (Lipinski definition) is 2. The normalized spacial score (nSPS) is 8.65. The third kappa shape index (κ3) is 16.5. The Balaban J connectivity index is -0.000000343. The van der Waals surface area contributed by atoms with Gasteiger partial charge in [-0.25, -0.2) is 0 Å². The van der Waals surface area contributed by atoms with E-state index in [-0.39, 0.29) is 0 Å². The molecular weight excluding hydrogens is 380 g/mol. The van der Waals surface area contributed by atoms with Gasteiger partial charge >= 0.3 is 0 Å². The van der Waals surface area contributed by atoms with Crippen LogP contribution in [-0.4, -0.2) is 12.6 Å². The van der Waals surface area contributed by atoms with Crippen molar-refractivity contribution in [3.63, 3.8) is 0 Å². The van der Waals surface area contributed by atoms with Gasteiger partial charge in [-0.2, -0.15) is 0 Å². The average Bonchev–Trinajstić information content (AvgIpc) is 3.34. The second kappa shape index (κ2) is 27.0. The molecule has 0 saturated heterocycles. The highest BCUT2D eigenvalue weighted by Crippen LogP contribution is 2.17. The van der Waals surface area contributed by atoms with Crippen molar-refractivity contribution in [1.29, 1.82) is 0 Å². The van der Waals surface area contributed by atoms with Crippen LogP contribution in [0.3, 0.4) is 0 Å². The second-order valence-electron chi connectivity index (χ2n) is 5.12. The van der Waals surface area contributed by atoms with Crippen LogP contribution in [0, 0.1) is 0 Å². The molecular formula is C29H42O2. The molecule has 3 aromatic rings. The van der Waals surface area contributed by atoms with Gasteiger partial charge in [-0.15, -0.1) is 0 Å². The van der Waals surface area contributed by atoms with Gasteiger partial charge in [0.05, 0.1) is 0 Å². The first-order valence-corrected chi connectivity index (χ1v) is 11.2. The summed E-state index contributed by atoms with van der Waals surface area (Å²) < 4.78 is 0. The third-order valence-corrected chi connectivity index (χ3v) is 3.35. The van der Waals surface area contributed by atoms with Crippen molar-refractivity contribution in [1.82, 2.24) is 0 Å². The van der Waals surface area contributed by atoms with Crippen LogP contribution >= 0.6 is 0 Å². The van der Waals surface area contributed by atoms with Crippen LogP contribution in [0.5, 0.6) is 0 Å². The topological polar surface area (TPSA) is 34.1 Å². The molecule has 0 heterocycles. The molecule has 0 saturated carbocycles. The molecule has 0 bridgehead atoms. The van der Waals surface area contributed by atoms with Crippen molar-refractivity contribution in [2.45, 2.75) is 61.8 Å². The number of hydrogen-bond donors (Lipinski definition) is 0. The number of aldehydes is 2. The lowest BCUT2D eigenvalue weighted by Gasteiger charge is -1.93. The van der Waals surface area contributed by atoms with Crippen LogP contribution in [0.1, 0.15) is 66.5 Å². The molecule has 0 spiro atoms. The van der Waals surface area contributed by atoms with Gasteiger partial charge in [0, 0.05) is 0 Å². The molecule has 2 heteroatoms. The lowest BCUT2D eigenvalue weighted by Crippen LogP contribution is -1.76. The van der Waals surface area contributed by atoms with Crippen LogP contribution in [-0.2, 0) is 16.0 Å². The second-order valence-corrected chi connectivity index (χ2v) is 5.12. The Morgan fingerprint density at radius 2 is 0.903 bits per heavy atom. The maximum absolute atomic E-state index is 8.81. The van der Waals surface area contributed by atoms with E-state index in [1.807, 2.05) is 41.5 Å². The minimum atomic E-state index is 0.750. The van der Waals surface area contributed by atoms with Crippen LogP contribution in [0.2, 0.25) is 0 Å². The van der Waals surface area contributed by atoms with Gasteiger partial charge < -0.3 is 9.59 Å². The summed E-state index contributed by atoms with van der Waals surface area (Å²) in [6, 6.07) is 25.2. The van der Waals surface area contributed by atoms with E-state index >= 15 is 0 Å². The predicted molar refractivity (Wildman–Crippen MR) is 141 cm³/mol. The summed E-state index contributed by atoms with van der Waals surface area (Å²) in [5.74, 6) is 0. The van der Waals surface area contributed by atoms with E-state index in [2.05, 4.69) is 84.9 Å². The minimum absolute atomic E-state index is 0.750. The first-order valence-electron chi connectivity index (χ1n) is 11.2. The van der Waals surface area contributed by atoms with Crippen LogP contribution in [0.4, 0.5) is 0 Å². The lowest BCUT2D eigenvalue weighted by atomic mass is 10.1. The van der Waals surface area contributed by atoms with Gasteiger partial charge in [0.25, 0.3) is 0 Å². The molecule has 31 heavy (non-hydrogen) atoms. The van der Waals surface area contributed by atoms with Gasteiger partial charge in [0.1, 0.15) is 12.6 Å². The maximum atomic E-state index is 8.81. The molecule has 1 aliphatic rings. The summed E-state index contributed by atoms with van der Waals surface area (Å²) in [4.78, 5) is 17.6. The van der Waals surface area contributed by atoms with Gasteiger partial charge in [0.15, 0.2) is 0 Å². The fourth-order valence-electron chi connectivity index (χ4n) is 2.33. The van der Waals surface area contributed by atoms with E-state index in [0.717, 1.165) is 19.0 Å². The molecule has 0 aromatic heterocycles. The Bertz CT molecular complexity index is 733. The highest BCUT2D eigenvalue weighted by atomic mass is 16.1. The Kier molecular flexibility index (Phi) is 28.4. The van der Waals surface area contributed by atoms with Crippen LogP contribution in [0.15, 0.2) is 78.9 Å². The maximum Gasteiger partial charge on any atom is 0.116 e. The van der Waals surface area contributed by atoms with Gasteiger partial charge in [-0.05, 0) is 42.2 Å². The molecule has 4 rings (SSSR count). The van der Waals surface area contributed by atoms with E-state index in [1.165, 1.54) is 35.7 Å². The summed E-state index contributed by atoms with van der Waals surface area (Å²) in [7, 11) is 0. The average molecular weight is 423 g/mol. The van der Waals surface area contributed by atoms with E-state index < -0.39 is 0 Å². The first-order chi connectivity index (χ1) is 15.3. The molecule has 2 nitrogen and oxygen atoms in total. The summed E-state index contributed by atoms with van der Waals surface area (Å²) in [5, 5.41) is 2.62. The Morgan fingerprint density at radius 1 is 0.581 bits per heavy atom. The van der Waals surface area contributed by atoms with Crippen LogP contribution < -0.4 is 0 Å². The van der Waals surface area contributed by atoms with Crippen molar-refractivity contribution < 1.29 is 9.59 Å². The van der Waals surface area contributed by atoms with Crippen molar-refractivity contribution in [3.8, 4) is 0 Å². The molecule has 170 valence electrons. The van der Waals surface area contributed by atoms with E-state index in [0.29, 0.717) is 0 Å². The van der Waals surface area contributed by atoms with Gasteiger partial charge in [-0.3, -0.25) is 0 Å². The molecule has 0 N–H and O–H groups in total. The van der Waals surface area contributed by atoms with Crippen molar-refractivity contribution in [3.05, 3.63) is 90.0 Å². The molecule has 0 atom stereocenters. The Morgan fingerprint density at radius 3 is 1.26 bits per heavy atom. The monoisotopic (exact) mass is 422 g/mol. The van der Waals surface area contributed by atoms with Crippen molar-refractivity contribution in [2.24, 2.45) is 0 Å². The standard InChI is InChI=1S/C10H8.C9H8.2C2H4O.3C2H6/c1-2-6-10-8-4-3-7-9(10)5-1;1-2-5-9-7-3-6-8(9)4-1;2*1-2-3;3*1-2/h1-8H;1-6H,7H2;2*2H,1H3;3*1-2H3. The minimum Gasteiger partial charge on any atom is -0.304 e. The molecule has 3 aromatic carbocycles. The third-order valence-electron chi connectivity index (χ3n) is 3.35. The van der Waals surface area contributed by atoms with E-state index in [4.69, 9.17) is 9.59 Å². The van der Waals surface area contributed by atoms with Gasteiger partial charge in [-0.1, -0.05) is 126 Å². The number of benzene rings is 3. The van der Waals surface area contributed by atoms with E-state index in [1.54, 1.807) is 0 Å². The SMILES string of the molecule is C1=Cc2ccccc2C1.CC.CC.CC.CC=O.CC=O.c1ccc2ccccc2c1. The fraction of sp³-hybridized carbons (Fsp3) is 0.310. The highest BCUT2D eigenvalue weighted by Gasteiger charge is 2.00. The lowest BCUT2D eigenvalue weighted by molar-refractivity contribution is -0.106. The molecule has 0 radical (unpaired) electrons. The number of carbonyl (C=O) groups excluding carboxylic acids is 2. The highest BCUT2D eigenvalue weighted by molar-refractivity contribution is 5.82. The molecule has 0 fully saturated rings. The zero-order valence-electron chi connectivity index (χ0n) is 20.8. The number of rotatable bonds is 0. The largest absolute Gasteiger partial charge is 0.304 e. The molecule has 0 aliphatic heterocycles. The fourth-order valence-corrected chi connectivity index (χ4v) is 2.33. The van der Waals surface area contributed by atoms with Crippen molar-refractivity contribution >= 4 is 29.4 Å². The number of allylic oxidation sites excluding steroid dienone is 1. The summed E-state index contributed by atoms with van der Waals surface area (Å²) in [5.41, 5.74) is 2.84.